The molecule has 0 N–H and O–H groups in total. The van der Waals surface area contributed by atoms with Gasteiger partial charge in [0.2, 0.25) is 0 Å². The smallest absolute Gasteiger partial charge is 0.357 e. The average molecular weight is 256 g/mol. The molecule has 0 saturated carbocycles. The van der Waals surface area contributed by atoms with Gasteiger partial charge in [-0.1, -0.05) is 0 Å². The third kappa shape index (κ3) is 1.05. The number of rotatable bonds is 0. The zero-order valence-corrected chi connectivity index (χ0v) is 8.90. The van der Waals surface area contributed by atoms with E-state index in [0.29, 0.717) is 0 Å². The number of fused-ring (bicyclic) bond motifs is 2. The van der Waals surface area contributed by atoms with Crippen LogP contribution in [0.1, 0.15) is 0 Å². The van der Waals surface area contributed by atoms with E-state index in [9.17, 15) is 19.2 Å². The molecule has 0 aliphatic carbocycles. The molecule has 0 amide bonds. The Morgan fingerprint density at radius 3 is 1.06 bits per heavy atom. The van der Waals surface area contributed by atoms with Gasteiger partial charge in [-0.25, -0.2) is 19.2 Å². The van der Waals surface area contributed by atoms with Crippen LogP contribution < -0.4 is 22.5 Å². The van der Waals surface area contributed by atoms with Gasteiger partial charge in [-0.05, 0) is 0 Å². The van der Waals surface area contributed by atoms with E-state index in [4.69, 9.17) is 0 Å². The lowest BCUT2D eigenvalue weighted by Gasteiger charge is -1.82. The van der Waals surface area contributed by atoms with Crippen LogP contribution >= 0.6 is 22.7 Å². The van der Waals surface area contributed by atoms with E-state index in [1.165, 1.54) is 0 Å². The Labute approximate surface area is 92.3 Å². The van der Waals surface area contributed by atoms with Gasteiger partial charge in [-0.15, -0.1) is 22.7 Å². The average Bonchev–Trinajstić information content (AvgIpc) is 2.67. The van der Waals surface area contributed by atoms with E-state index in [-0.39, 0.29) is 18.8 Å². The van der Waals surface area contributed by atoms with Gasteiger partial charge in [0.25, 0.3) is 0 Å². The zero-order valence-electron chi connectivity index (χ0n) is 7.27. The number of hydrogen-bond acceptors (Lipinski definition) is 8. The molecule has 3 aromatic rings. The fourth-order valence-corrected chi connectivity index (χ4v) is 3.39. The van der Waals surface area contributed by atoms with Gasteiger partial charge in [0, 0.05) is 0 Å². The van der Waals surface area contributed by atoms with Gasteiger partial charge < -0.3 is 8.83 Å². The monoisotopic (exact) mass is 256 g/mol. The van der Waals surface area contributed by atoms with Crippen molar-refractivity contribution in [3.8, 4) is 0 Å². The van der Waals surface area contributed by atoms with Crippen LogP contribution in [0, 0.1) is 0 Å². The molecule has 80 valence electrons. The van der Waals surface area contributed by atoms with Crippen molar-refractivity contribution in [2.45, 2.75) is 0 Å². The van der Waals surface area contributed by atoms with Crippen LogP contribution in [-0.4, -0.2) is 0 Å². The van der Waals surface area contributed by atoms with Crippen molar-refractivity contribution in [1.29, 1.82) is 0 Å². The lowest BCUT2D eigenvalue weighted by atomic mass is 10.6. The summed E-state index contributed by atoms with van der Waals surface area (Å²) in [5.41, 5.74) is -3.18. The van der Waals surface area contributed by atoms with Crippen LogP contribution in [0.2, 0.25) is 0 Å². The predicted octanol–water partition coefficient (Wildman–Crippen LogP) is 0.181. The minimum absolute atomic E-state index is 0.0420. The first-order valence-corrected chi connectivity index (χ1v) is 5.58. The molecular formula is C8O6S2. The molecule has 3 aromatic heterocycles. The molecule has 6 nitrogen and oxygen atoms in total. The van der Waals surface area contributed by atoms with Gasteiger partial charge in [0.1, 0.15) is 18.8 Å². The maximum absolute atomic E-state index is 11.2. The van der Waals surface area contributed by atoms with Crippen LogP contribution in [-0.2, 0) is 0 Å². The molecule has 3 rings (SSSR count). The number of furan rings is 2. The summed E-state index contributed by atoms with van der Waals surface area (Å²) in [5, 5.41) is 0. The first-order chi connectivity index (χ1) is 7.58. The Morgan fingerprint density at radius 2 is 0.812 bits per heavy atom. The van der Waals surface area contributed by atoms with Crippen molar-refractivity contribution in [3.05, 3.63) is 41.7 Å². The van der Waals surface area contributed by atoms with Crippen LogP contribution in [0.4, 0.5) is 0 Å². The predicted molar refractivity (Wildman–Crippen MR) is 58.0 cm³/mol. The van der Waals surface area contributed by atoms with Crippen molar-refractivity contribution in [2.75, 3.05) is 0 Å². The Hall–Kier alpha value is -1.80. The molecular weight excluding hydrogens is 256 g/mol. The SMILES string of the molecule is O=c1oc(=O)c2sc3c(=O)oc(=O)c3sc12. The lowest BCUT2D eigenvalue weighted by molar-refractivity contribution is 0.500. The van der Waals surface area contributed by atoms with Gasteiger partial charge in [0.05, 0.1) is 0 Å². The Kier molecular flexibility index (Phi) is 1.69. The molecule has 0 aliphatic rings. The zero-order chi connectivity index (χ0) is 11.4. The highest BCUT2D eigenvalue weighted by atomic mass is 32.1. The first-order valence-electron chi connectivity index (χ1n) is 3.95. The third-order valence-electron chi connectivity index (χ3n) is 1.93. The summed E-state index contributed by atoms with van der Waals surface area (Å²) in [6.45, 7) is 0. The fraction of sp³-hybridized carbons (Fsp3) is 0. The van der Waals surface area contributed by atoms with Crippen molar-refractivity contribution in [1.82, 2.24) is 0 Å². The highest BCUT2D eigenvalue weighted by molar-refractivity contribution is 7.36. The van der Waals surface area contributed by atoms with Crippen molar-refractivity contribution in [2.24, 2.45) is 0 Å². The second kappa shape index (κ2) is 2.86. The highest BCUT2D eigenvalue weighted by Crippen LogP contribution is 2.25. The van der Waals surface area contributed by atoms with E-state index in [2.05, 4.69) is 8.83 Å². The summed E-state index contributed by atoms with van der Waals surface area (Å²) in [6, 6.07) is 0. The van der Waals surface area contributed by atoms with Crippen LogP contribution in [0.15, 0.2) is 28.0 Å². The molecule has 0 bridgehead atoms. The third-order valence-corrected chi connectivity index (χ3v) is 4.49. The summed E-state index contributed by atoms with van der Waals surface area (Å²) >= 11 is 1.49. The molecule has 16 heavy (non-hydrogen) atoms. The lowest BCUT2D eigenvalue weighted by Crippen LogP contribution is -1.95. The van der Waals surface area contributed by atoms with E-state index < -0.39 is 22.5 Å². The van der Waals surface area contributed by atoms with E-state index >= 15 is 0 Å². The molecule has 3 heterocycles. The van der Waals surface area contributed by atoms with Gasteiger partial charge >= 0.3 is 22.5 Å². The van der Waals surface area contributed by atoms with E-state index in [0.717, 1.165) is 22.7 Å². The van der Waals surface area contributed by atoms with Crippen molar-refractivity contribution in [3.63, 3.8) is 0 Å². The van der Waals surface area contributed by atoms with Crippen molar-refractivity contribution >= 4 is 41.5 Å². The molecule has 0 unspecified atom stereocenters. The molecule has 0 fully saturated rings. The topological polar surface area (TPSA) is 94.6 Å². The second-order valence-corrected chi connectivity index (χ2v) is 4.92. The quantitative estimate of drug-likeness (QED) is 0.569. The molecule has 0 atom stereocenters. The summed E-state index contributed by atoms with van der Waals surface area (Å²) < 4.78 is 8.89. The summed E-state index contributed by atoms with van der Waals surface area (Å²) in [5.74, 6) is 0. The molecule has 0 aliphatic heterocycles. The highest BCUT2D eigenvalue weighted by Gasteiger charge is 2.17. The Morgan fingerprint density at radius 1 is 0.562 bits per heavy atom. The van der Waals surface area contributed by atoms with Crippen LogP contribution in [0.25, 0.3) is 18.8 Å². The molecule has 0 radical (unpaired) electrons. The maximum atomic E-state index is 11.2. The van der Waals surface area contributed by atoms with Crippen LogP contribution in [0.5, 0.6) is 0 Å². The Bertz CT molecular complexity index is 777. The maximum Gasteiger partial charge on any atom is 0.357 e. The van der Waals surface area contributed by atoms with E-state index in [1.807, 2.05) is 0 Å². The second-order valence-electron chi connectivity index (χ2n) is 2.87. The largest absolute Gasteiger partial charge is 0.384 e. The van der Waals surface area contributed by atoms with Crippen molar-refractivity contribution < 1.29 is 8.83 Å². The number of hydrogen-bond donors (Lipinski definition) is 0. The summed E-state index contributed by atoms with van der Waals surface area (Å²) in [4.78, 5) is 44.8. The molecule has 0 spiro atoms. The minimum atomic E-state index is -0.795. The minimum Gasteiger partial charge on any atom is -0.384 e. The Balaban J connectivity index is 2.80. The van der Waals surface area contributed by atoms with Crippen LogP contribution in [0.3, 0.4) is 0 Å². The molecule has 8 heteroatoms. The van der Waals surface area contributed by atoms with E-state index in [1.54, 1.807) is 0 Å². The van der Waals surface area contributed by atoms with Gasteiger partial charge in [-0.3, -0.25) is 0 Å². The fourth-order valence-electron chi connectivity index (χ4n) is 1.28. The molecule has 0 aromatic carbocycles. The van der Waals surface area contributed by atoms with Gasteiger partial charge in [0.15, 0.2) is 0 Å². The van der Waals surface area contributed by atoms with Gasteiger partial charge in [-0.2, -0.15) is 0 Å². The molecule has 0 saturated heterocycles. The summed E-state index contributed by atoms with van der Waals surface area (Å²) in [7, 11) is 0. The normalized spacial score (nSPS) is 11.5. The first kappa shape index (κ1) is 9.43. The standard InChI is InChI=1S/C8O6S2/c9-5-1-2(6(10)13-5)16-4-3(15-1)7(11)14-8(4)12. The summed E-state index contributed by atoms with van der Waals surface area (Å²) in [6.07, 6.45) is 0.